The molecule has 0 aromatic heterocycles. The predicted molar refractivity (Wildman–Crippen MR) is 83.0 cm³/mol. The van der Waals surface area contributed by atoms with Crippen LogP contribution in [0.3, 0.4) is 0 Å². The van der Waals surface area contributed by atoms with E-state index < -0.39 is 0 Å². The maximum atomic E-state index is 11.8. The SMILES string of the molecule is Cc1ccc(NC(=O)Nc2cccc(Cl)c2)cc1Br. The summed E-state index contributed by atoms with van der Waals surface area (Å²) in [7, 11) is 0. The summed E-state index contributed by atoms with van der Waals surface area (Å²) in [5.41, 5.74) is 2.48. The van der Waals surface area contributed by atoms with Gasteiger partial charge in [-0.3, -0.25) is 0 Å². The lowest BCUT2D eigenvalue weighted by molar-refractivity contribution is 0.262. The minimum atomic E-state index is -0.307. The molecule has 0 atom stereocenters. The van der Waals surface area contributed by atoms with Gasteiger partial charge in [-0.15, -0.1) is 0 Å². The molecule has 2 aromatic rings. The Bertz CT molecular complexity index is 616. The van der Waals surface area contributed by atoms with Crippen molar-refractivity contribution in [1.82, 2.24) is 0 Å². The second-order valence-electron chi connectivity index (χ2n) is 4.05. The zero-order valence-electron chi connectivity index (χ0n) is 10.2. The normalized spacial score (nSPS) is 10.1. The van der Waals surface area contributed by atoms with Crippen LogP contribution in [0.2, 0.25) is 5.02 Å². The highest BCUT2D eigenvalue weighted by Crippen LogP contribution is 2.21. The van der Waals surface area contributed by atoms with Crippen LogP contribution in [0.4, 0.5) is 16.2 Å². The van der Waals surface area contributed by atoms with Gasteiger partial charge in [0.2, 0.25) is 0 Å². The van der Waals surface area contributed by atoms with Gasteiger partial charge in [-0.2, -0.15) is 0 Å². The summed E-state index contributed by atoms with van der Waals surface area (Å²) in [4.78, 5) is 11.8. The fourth-order valence-electron chi connectivity index (χ4n) is 1.53. The number of anilines is 2. The van der Waals surface area contributed by atoms with Crippen molar-refractivity contribution in [2.75, 3.05) is 10.6 Å². The molecular weight excluding hydrogens is 328 g/mol. The molecule has 98 valence electrons. The van der Waals surface area contributed by atoms with E-state index in [1.165, 1.54) is 0 Å². The van der Waals surface area contributed by atoms with Crippen LogP contribution < -0.4 is 10.6 Å². The Balaban J connectivity index is 2.03. The molecule has 2 rings (SSSR count). The molecule has 0 radical (unpaired) electrons. The Morgan fingerprint density at radius 1 is 1.11 bits per heavy atom. The number of hydrogen-bond acceptors (Lipinski definition) is 1. The molecule has 2 aromatic carbocycles. The first-order chi connectivity index (χ1) is 9.04. The van der Waals surface area contributed by atoms with Gasteiger partial charge in [0.05, 0.1) is 0 Å². The third-order valence-electron chi connectivity index (χ3n) is 2.51. The maximum Gasteiger partial charge on any atom is 0.323 e. The smallest absolute Gasteiger partial charge is 0.308 e. The Kier molecular flexibility index (Phi) is 4.45. The lowest BCUT2D eigenvalue weighted by Crippen LogP contribution is -2.19. The van der Waals surface area contributed by atoms with E-state index >= 15 is 0 Å². The fraction of sp³-hybridized carbons (Fsp3) is 0.0714. The van der Waals surface area contributed by atoms with Crippen LogP contribution >= 0.6 is 27.5 Å². The van der Waals surface area contributed by atoms with Crippen LogP contribution in [0, 0.1) is 6.92 Å². The molecule has 2 amide bonds. The highest BCUT2D eigenvalue weighted by Gasteiger charge is 2.04. The predicted octanol–water partition coefficient (Wildman–Crippen LogP) is 5.05. The number of benzene rings is 2. The molecule has 0 saturated carbocycles. The first-order valence-electron chi connectivity index (χ1n) is 5.64. The van der Waals surface area contributed by atoms with Crippen molar-refractivity contribution in [3.63, 3.8) is 0 Å². The lowest BCUT2D eigenvalue weighted by atomic mass is 10.2. The summed E-state index contributed by atoms with van der Waals surface area (Å²) in [6, 6.07) is 12.3. The van der Waals surface area contributed by atoms with Crippen molar-refractivity contribution in [3.8, 4) is 0 Å². The summed E-state index contributed by atoms with van der Waals surface area (Å²) >= 11 is 9.27. The molecule has 3 nitrogen and oxygen atoms in total. The minimum Gasteiger partial charge on any atom is -0.308 e. The van der Waals surface area contributed by atoms with E-state index in [-0.39, 0.29) is 6.03 Å². The van der Waals surface area contributed by atoms with Gasteiger partial charge in [0.15, 0.2) is 0 Å². The highest BCUT2D eigenvalue weighted by molar-refractivity contribution is 9.10. The van der Waals surface area contributed by atoms with Gasteiger partial charge in [0, 0.05) is 20.9 Å². The van der Waals surface area contributed by atoms with E-state index in [9.17, 15) is 4.79 Å². The third kappa shape index (κ3) is 3.98. The molecule has 0 bridgehead atoms. The molecule has 19 heavy (non-hydrogen) atoms. The number of aryl methyl sites for hydroxylation is 1. The second kappa shape index (κ2) is 6.08. The van der Waals surface area contributed by atoms with Crippen molar-refractivity contribution >= 4 is 44.9 Å². The Hall–Kier alpha value is -1.52. The number of amides is 2. The standard InChI is InChI=1S/C14H12BrClN2O/c1-9-5-6-12(8-13(9)15)18-14(19)17-11-4-2-3-10(16)7-11/h2-8H,1H3,(H2,17,18,19). The van der Waals surface area contributed by atoms with Crippen LogP contribution in [0.25, 0.3) is 0 Å². The monoisotopic (exact) mass is 338 g/mol. The maximum absolute atomic E-state index is 11.8. The van der Waals surface area contributed by atoms with Crippen molar-refractivity contribution in [2.24, 2.45) is 0 Å². The van der Waals surface area contributed by atoms with Crippen LogP contribution in [-0.4, -0.2) is 6.03 Å². The first-order valence-corrected chi connectivity index (χ1v) is 6.81. The van der Waals surface area contributed by atoms with E-state index in [1.54, 1.807) is 24.3 Å². The molecule has 0 heterocycles. The number of nitrogens with one attached hydrogen (secondary N) is 2. The Labute approximate surface area is 125 Å². The number of carbonyl (C=O) groups excluding carboxylic acids is 1. The van der Waals surface area contributed by atoms with Crippen molar-refractivity contribution < 1.29 is 4.79 Å². The summed E-state index contributed by atoms with van der Waals surface area (Å²) in [5.74, 6) is 0. The number of halogens is 2. The second-order valence-corrected chi connectivity index (χ2v) is 5.34. The van der Waals surface area contributed by atoms with Crippen LogP contribution in [0.5, 0.6) is 0 Å². The summed E-state index contributed by atoms with van der Waals surface area (Å²) < 4.78 is 0.952. The van der Waals surface area contributed by atoms with E-state index in [0.717, 1.165) is 15.7 Å². The van der Waals surface area contributed by atoms with Crippen LogP contribution in [0.15, 0.2) is 46.9 Å². The van der Waals surface area contributed by atoms with E-state index in [0.29, 0.717) is 10.7 Å². The largest absolute Gasteiger partial charge is 0.323 e. The summed E-state index contributed by atoms with van der Waals surface area (Å²) in [5, 5.41) is 6.05. The topological polar surface area (TPSA) is 41.1 Å². The van der Waals surface area contributed by atoms with Crippen molar-refractivity contribution in [3.05, 3.63) is 57.5 Å². The molecule has 0 unspecified atom stereocenters. The number of hydrogen-bond donors (Lipinski definition) is 2. The minimum absolute atomic E-state index is 0.307. The van der Waals surface area contributed by atoms with Gasteiger partial charge in [0.25, 0.3) is 0 Å². The molecule has 0 aliphatic heterocycles. The first kappa shape index (κ1) is 13.9. The van der Waals surface area contributed by atoms with Crippen molar-refractivity contribution in [2.45, 2.75) is 6.92 Å². The highest BCUT2D eigenvalue weighted by atomic mass is 79.9. The molecule has 0 spiro atoms. The van der Waals surface area contributed by atoms with E-state index in [2.05, 4.69) is 26.6 Å². The number of urea groups is 1. The zero-order valence-corrected chi connectivity index (χ0v) is 12.5. The van der Waals surface area contributed by atoms with Gasteiger partial charge < -0.3 is 10.6 Å². The number of carbonyl (C=O) groups is 1. The van der Waals surface area contributed by atoms with Gasteiger partial charge in [-0.1, -0.05) is 39.7 Å². The van der Waals surface area contributed by atoms with Crippen LogP contribution in [-0.2, 0) is 0 Å². The van der Waals surface area contributed by atoms with Crippen LogP contribution in [0.1, 0.15) is 5.56 Å². The molecule has 0 aliphatic rings. The van der Waals surface area contributed by atoms with Gasteiger partial charge in [-0.05, 0) is 42.8 Å². The molecule has 2 N–H and O–H groups in total. The Morgan fingerprint density at radius 3 is 2.42 bits per heavy atom. The third-order valence-corrected chi connectivity index (χ3v) is 3.60. The molecular formula is C14H12BrClN2O. The van der Waals surface area contributed by atoms with Gasteiger partial charge in [0.1, 0.15) is 0 Å². The summed E-state index contributed by atoms with van der Waals surface area (Å²) in [6.45, 7) is 1.99. The summed E-state index contributed by atoms with van der Waals surface area (Å²) in [6.07, 6.45) is 0. The average Bonchev–Trinajstić information content (AvgIpc) is 2.34. The molecule has 0 saturated heterocycles. The zero-order chi connectivity index (χ0) is 13.8. The van der Waals surface area contributed by atoms with E-state index in [4.69, 9.17) is 11.6 Å². The lowest BCUT2D eigenvalue weighted by Gasteiger charge is -2.09. The fourth-order valence-corrected chi connectivity index (χ4v) is 2.10. The quantitative estimate of drug-likeness (QED) is 0.789. The van der Waals surface area contributed by atoms with E-state index in [1.807, 2.05) is 25.1 Å². The van der Waals surface area contributed by atoms with Gasteiger partial charge >= 0.3 is 6.03 Å². The van der Waals surface area contributed by atoms with Gasteiger partial charge in [-0.25, -0.2) is 4.79 Å². The average molecular weight is 340 g/mol. The molecule has 0 fully saturated rings. The van der Waals surface area contributed by atoms with Crippen molar-refractivity contribution in [1.29, 1.82) is 0 Å². The number of rotatable bonds is 2. The molecule has 5 heteroatoms. The Morgan fingerprint density at radius 2 is 1.79 bits per heavy atom. The molecule has 0 aliphatic carbocycles.